The number of benzene rings is 2. The molecule has 0 aliphatic rings. The monoisotopic (exact) mass is 398 g/mol. The minimum Gasteiger partial charge on any atom is -0.347 e. The molecule has 7 heteroatoms. The van der Waals surface area contributed by atoms with E-state index in [0.29, 0.717) is 22.6 Å². The van der Waals surface area contributed by atoms with Crippen molar-refractivity contribution in [2.45, 2.75) is 32.6 Å². The third-order valence-electron chi connectivity index (χ3n) is 4.41. The van der Waals surface area contributed by atoms with Gasteiger partial charge in [0, 0.05) is 45.4 Å². The fourth-order valence-electron chi connectivity index (χ4n) is 3.19. The van der Waals surface area contributed by atoms with Crippen LogP contribution in [0.15, 0.2) is 42.6 Å². The molecule has 0 fully saturated rings. The largest absolute Gasteiger partial charge is 0.407 e. The summed E-state index contributed by atoms with van der Waals surface area (Å²) in [4.78, 5) is 0. The van der Waals surface area contributed by atoms with Crippen molar-refractivity contribution < 1.29 is 17.6 Å². The van der Waals surface area contributed by atoms with E-state index in [2.05, 4.69) is 0 Å². The van der Waals surface area contributed by atoms with Crippen LogP contribution in [0.5, 0.6) is 0 Å². The third-order valence-corrected chi connectivity index (χ3v) is 4.74. The highest BCUT2D eigenvalue weighted by Crippen LogP contribution is 2.39. The van der Waals surface area contributed by atoms with Crippen LogP contribution >= 0.6 is 11.6 Å². The number of rotatable bonds is 4. The fourth-order valence-corrected chi connectivity index (χ4v) is 3.43. The molecule has 0 unspecified atom stereocenters. The predicted molar refractivity (Wildman–Crippen MR) is 100 cm³/mol. The molecule has 0 bridgehead atoms. The Morgan fingerprint density at radius 1 is 1.11 bits per heavy atom. The van der Waals surface area contributed by atoms with E-state index in [4.69, 9.17) is 17.3 Å². The van der Waals surface area contributed by atoms with Crippen molar-refractivity contribution in [1.82, 2.24) is 4.57 Å². The molecule has 27 heavy (non-hydrogen) atoms. The highest BCUT2D eigenvalue weighted by Gasteiger charge is 2.39. The van der Waals surface area contributed by atoms with E-state index < -0.39 is 18.0 Å². The molecule has 1 heterocycles. The lowest BCUT2D eigenvalue weighted by molar-refractivity contribution is -0.148. The summed E-state index contributed by atoms with van der Waals surface area (Å²) in [6.45, 7) is 4.38. The molecule has 0 amide bonds. The number of nitrogens with zero attached hydrogens (tertiary/aromatic N) is 1. The molecule has 2 N–H and O–H groups in total. The van der Waals surface area contributed by atoms with E-state index >= 15 is 0 Å². The Kier molecular flexibility index (Phi) is 5.23. The number of hydrogen-bond acceptors (Lipinski definition) is 1. The molecule has 0 aliphatic heterocycles. The maximum Gasteiger partial charge on any atom is 0.407 e. The number of nitrogens with two attached hydrogens (primary N) is 1. The van der Waals surface area contributed by atoms with Crippen molar-refractivity contribution in [3.8, 4) is 11.1 Å². The molecular formula is C20H19ClF4N2. The first kappa shape index (κ1) is 19.7. The number of halogens is 5. The summed E-state index contributed by atoms with van der Waals surface area (Å²) < 4.78 is 56.1. The lowest BCUT2D eigenvalue weighted by Gasteiger charge is -2.15. The first-order chi connectivity index (χ1) is 12.6. The van der Waals surface area contributed by atoms with Crippen molar-refractivity contribution in [3.05, 3.63) is 59.0 Å². The van der Waals surface area contributed by atoms with Gasteiger partial charge in [0.05, 0.1) is 0 Å². The van der Waals surface area contributed by atoms with Crippen LogP contribution in [-0.4, -0.2) is 10.7 Å². The van der Waals surface area contributed by atoms with Crippen LogP contribution < -0.4 is 5.73 Å². The van der Waals surface area contributed by atoms with Gasteiger partial charge in [0.2, 0.25) is 0 Å². The number of hydrogen-bond donors (Lipinski definition) is 1. The molecule has 3 aromatic rings. The SMILES string of the molecule is CC(C)Cn1cc([C@H](N)C(F)(F)F)c2cc(F)c(-c3ccccc3Cl)cc21. The van der Waals surface area contributed by atoms with Crippen LogP contribution in [0.4, 0.5) is 17.6 Å². The van der Waals surface area contributed by atoms with Crippen LogP contribution in [0.2, 0.25) is 5.02 Å². The summed E-state index contributed by atoms with van der Waals surface area (Å²) in [5, 5.41) is 0.527. The second kappa shape index (κ2) is 7.17. The van der Waals surface area contributed by atoms with Crippen LogP contribution in [-0.2, 0) is 6.54 Å². The van der Waals surface area contributed by atoms with E-state index in [1.807, 2.05) is 13.8 Å². The van der Waals surface area contributed by atoms with Crippen molar-refractivity contribution in [1.29, 1.82) is 0 Å². The van der Waals surface area contributed by atoms with Crippen LogP contribution in [0, 0.1) is 11.7 Å². The fraction of sp³-hybridized carbons (Fsp3) is 0.300. The molecule has 0 spiro atoms. The highest BCUT2D eigenvalue weighted by molar-refractivity contribution is 6.33. The van der Waals surface area contributed by atoms with Gasteiger partial charge in [0.1, 0.15) is 11.9 Å². The lowest BCUT2D eigenvalue weighted by Crippen LogP contribution is -2.28. The summed E-state index contributed by atoms with van der Waals surface area (Å²) >= 11 is 6.18. The second-order valence-corrected chi connectivity index (χ2v) is 7.39. The van der Waals surface area contributed by atoms with E-state index in [-0.39, 0.29) is 22.4 Å². The van der Waals surface area contributed by atoms with Crippen molar-refractivity contribution in [2.75, 3.05) is 0 Å². The smallest absolute Gasteiger partial charge is 0.347 e. The summed E-state index contributed by atoms with van der Waals surface area (Å²) in [7, 11) is 0. The van der Waals surface area contributed by atoms with Gasteiger partial charge >= 0.3 is 6.18 Å². The van der Waals surface area contributed by atoms with Crippen molar-refractivity contribution in [3.63, 3.8) is 0 Å². The van der Waals surface area contributed by atoms with Gasteiger partial charge in [-0.3, -0.25) is 0 Å². The molecule has 2 nitrogen and oxygen atoms in total. The molecule has 0 aliphatic carbocycles. The molecule has 1 atom stereocenters. The zero-order valence-corrected chi connectivity index (χ0v) is 15.6. The van der Waals surface area contributed by atoms with Gasteiger partial charge in [0.25, 0.3) is 0 Å². The first-order valence-electron chi connectivity index (χ1n) is 8.49. The molecule has 0 saturated carbocycles. The zero-order valence-electron chi connectivity index (χ0n) is 14.8. The summed E-state index contributed by atoms with van der Waals surface area (Å²) in [5.74, 6) is -0.460. The minimum absolute atomic E-state index is 0.136. The molecule has 144 valence electrons. The maximum absolute atomic E-state index is 14.8. The Labute approximate surface area is 159 Å². The van der Waals surface area contributed by atoms with E-state index in [1.54, 1.807) is 34.9 Å². The Bertz CT molecular complexity index is 976. The quantitative estimate of drug-likeness (QED) is 0.512. The van der Waals surface area contributed by atoms with Gasteiger partial charge in [-0.2, -0.15) is 13.2 Å². The predicted octanol–water partition coefficient (Wildman–Crippen LogP) is 6.32. The lowest BCUT2D eigenvalue weighted by atomic mass is 10.0. The number of aromatic nitrogens is 1. The zero-order chi connectivity index (χ0) is 19.9. The van der Waals surface area contributed by atoms with Gasteiger partial charge in [-0.25, -0.2) is 4.39 Å². The van der Waals surface area contributed by atoms with E-state index in [9.17, 15) is 17.6 Å². The first-order valence-corrected chi connectivity index (χ1v) is 8.87. The molecule has 2 aromatic carbocycles. The summed E-state index contributed by atoms with van der Waals surface area (Å²) in [6, 6.07) is 7.24. The van der Waals surface area contributed by atoms with E-state index in [1.165, 1.54) is 6.20 Å². The van der Waals surface area contributed by atoms with Gasteiger partial charge in [0.15, 0.2) is 0 Å². The Balaban J connectivity index is 2.27. The minimum atomic E-state index is -4.62. The molecular weight excluding hydrogens is 380 g/mol. The van der Waals surface area contributed by atoms with Gasteiger partial charge in [-0.1, -0.05) is 43.6 Å². The van der Waals surface area contributed by atoms with Crippen LogP contribution in [0.1, 0.15) is 25.5 Å². The van der Waals surface area contributed by atoms with Crippen LogP contribution in [0.25, 0.3) is 22.0 Å². The topological polar surface area (TPSA) is 30.9 Å². The molecule has 1 aromatic heterocycles. The normalized spacial score (nSPS) is 13.5. The van der Waals surface area contributed by atoms with Gasteiger partial charge in [-0.15, -0.1) is 0 Å². The van der Waals surface area contributed by atoms with Crippen molar-refractivity contribution in [2.24, 2.45) is 11.7 Å². The molecule has 0 saturated heterocycles. The average molecular weight is 399 g/mol. The average Bonchev–Trinajstić information content (AvgIpc) is 2.90. The van der Waals surface area contributed by atoms with E-state index in [0.717, 1.165) is 6.07 Å². The highest BCUT2D eigenvalue weighted by atomic mass is 35.5. The number of fused-ring (bicyclic) bond motifs is 1. The Morgan fingerprint density at radius 3 is 2.37 bits per heavy atom. The third kappa shape index (κ3) is 3.82. The van der Waals surface area contributed by atoms with Gasteiger partial charge in [-0.05, 0) is 24.1 Å². The summed E-state index contributed by atoms with van der Waals surface area (Å²) in [6.07, 6.45) is -3.24. The Morgan fingerprint density at radius 2 is 1.78 bits per heavy atom. The van der Waals surface area contributed by atoms with Gasteiger partial charge < -0.3 is 10.3 Å². The summed E-state index contributed by atoms with van der Waals surface area (Å²) in [5.41, 5.74) is 6.51. The van der Waals surface area contributed by atoms with Crippen LogP contribution in [0.3, 0.4) is 0 Å². The Hall–Kier alpha value is -2.05. The standard InChI is InChI=1S/C20H19ClF4N2/c1-11(2)9-27-10-15(19(26)20(23,24)25)14-7-17(22)13(8-18(14)27)12-5-3-4-6-16(12)21/h3-8,10-11,19H,9,26H2,1-2H3/t19-/m0/s1. The molecule has 3 rings (SSSR count). The maximum atomic E-state index is 14.8. The molecule has 0 radical (unpaired) electrons. The number of alkyl halides is 3. The second-order valence-electron chi connectivity index (χ2n) is 6.98. The van der Waals surface area contributed by atoms with Crippen molar-refractivity contribution >= 4 is 22.5 Å².